The number of ether oxygens (including phenoxy) is 1. The van der Waals surface area contributed by atoms with Crippen molar-refractivity contribution in [1.82, 2.24) is 14.9 Å². The van der Waals surface area contributed by atoms with Gasteiger partial charge < -0.3 is 15.4 Å². The number of hydrogen-bond acceptors (Lipinski definition) is 6. The molecule has 26 heavy (non-hydrogen) atoms. The van der Waals surface area contributed by atoms with Crippen LogP contribution < -0.4 is 15.4 Å². The van der Waals surface area contributed by atoms with E-state index in [0.29, 0.717) is 5.75 Å². The topological polar surface area (TPSA) is 84.6 Å². The van der Waals surface area contributed by atoms with Crippen molar-refractivity contribution in [1.29, 1.82) is 0 Å². The maximum atomic E-state index is 10.8. The van der Waals surface area contributed by atoms with Gasteiger partial charge in [0.15, 0.2) is 6.61 Å². The number of aromatic nitrogens is 2. The molecule has 1 aromatic heterocycles. The highest BCUT2D eigenvalue weighted by atomic mass is 16.5. The molecule has 7 nitrogen and oxygen atoms in total. The number of nitrogens with two attached hydrogens (primary N) is 1. The summed E-state index contributed by atoms with van der Waals surface area (Å²) in [4.78, 5) is 24.2. The molecule has 0 radical (unpaired) electrons. The van der Waals surface area contributed by atoms with E-state index >= 15 is 0 Å². The number of piperazine rings is 1. The first-order valence-corrected chi connectivity index (χ1v) is 8.92. The minimum Gasteiger partial charge on any atom is -0.484 e. The van der Waals surface area contributed by atoms with Gasteiger partial charge in [-0.15, -0.1) is 0 Å². The Morgan fingerprint density at radius 2 is 2.00 bits per heavy atom. The third-order valence-corrected chi connectivity index (χ3v) is 4.45. The van der Waals surface area contributed by atoms with Crippen molar-refractivity contribution in [2.45, 2.75) is 19.9 Å². The Bertz CT molecular complexity index is 744. The van der Waals surface area contributed by atoms with Crippen molar-refractivity contribution < 1.29 is 9.53 Å². The summed E-state index contributed by atoms with van der Waals surface area (Å²) >= 11 is 0. The van der Waals surface area contributed by atoms with E-state index in [-0.39, 0.29) is 6.61 Å². The zero-order valence-electron chi connectivity index (χ0n) is 15.1. The van der Waals surface area contributed by atoms with E-state index in [1.165, 1.54) is 0 Å². The molecule has 1 aliphatic heterocycles. The van der Waals surface area contributed by atoms with E-state index < -0.39 is 5.91 Å². The zero-order valence-corrected chi connectivity index (χ0v) is 15.1. The maximum Gasteiger partial charge on any atom is 0.255 e. The minimum absolute atomic E-state index is 0.0964. The van der Waals surface area contributed by atoms with Gasteiger partial charge in [-0.3, -0.25) is 9.69 Å². The molecule has 2 aromatic rings. The lowest BCUT2D eigenvalue weighted by Gasteiger charge is -2.35. The highest BCUT2D eigenvalue weighted by molar-refractivity contribution is 5.75. The Balaban J connectivity index is 1.54. The molecule has 3 rings (SSSR count). The first-order valence-electron chi connectivity index (χ1n) is 8.92. The first-order chi connectivity index (χ1) is 12.6. The largest absolute Gasteiger partial charge is 0.484 e. The molecule has 0 spiro atoms. The lowest BCUT2D eigenvalue weighted by molar-refractivity contribution is -0.119. The number of anilines is 1. The van der Waals surface area contributed by atoms with E-state index in [4.69, 9.17) is 10.5 Å². The number of carbonyl (C=O) groups is 1. The second-order valence-corrected chi connectivity index (χ2v) is 6.39. The van der Waals surface area contributed by atoms with Crippen LogP contribution in [0, 0.1) is 0 Å². The molecule has 2 N–H and O–H groups in total. The van der Waals surface area contributed by atoms with Gasteiger partial charge in [-0.1, -0.05) is 19.1 Å². The van der Waals surface area contributed by atoms with Gasteiger partial charge in [0, 0.05) is 44.5 Å². The quantitative estimate of drug-likeness (QED) is 0.804. The maximum absolute atomic E-state index is 10.8. The Morgan fingerprint density at radius 1 is 1.19 bits per heavy atom. The number of nitrogens with zero attached hydrogens (tertiary/aromatic N) is 4. The Hall–Kier alpha value is -2.67. The smallest absolute Gasteiger partial charge is 0.255 e. The number of primary amides is 1. The van der Waals surface area contributed by atoms with Crippen LogP contribution in [0.1, 0.15) is 18.2 Å². The van der Waals surface area contributed by atoms with Crippen LogP contribution in [-0.4, -0.2) is 53.6 Å². The molecule has 7 heteroatoms. The molecule has 1 fully saturated rings. The van der Waals surface area contributed by atoms with Crippen LogP contribution >= 0.6 is 0 Å². The molecule has 138 valence electrons. The van der Waals surface area contributed by atoms with Gasteiger partial charge in [0.2, 0.25) is 0 Å². The van der Waals surface area contributed by atoms with Gasteiger partial charge in [0.05, 0.1) is 0 Å². The number of benzene rings is 1. The van der Waals surface area contributed by atoms with E-state index in [2.05, 4.69) is 38.8 Å². The van der Waals surface area contributed by atoms with E-state index in [1.807, 2.05) is 18.2 Å². The van der Waals surface area contributed by atoms with Crippen molar-refractivity contribution in [2.75, 3.05) is 37.7 Å². The average Bonchev–Trinajstić information content (AvgIpc) is 2.67. The second-order valence-electron chi connectivity index (χ2n) is 6.39. The summed E-state index contributed by atoms with van der Waals surface area (Å²) in [6, 6.07) is 9.89. The third-order valence-electron chi connectivity index (χ3n) is 4.45. The number of rotatable bonds is 7. The minimum atomic E-state index is -0.470. The monoisotopic (exact) mass is 355 g/mol. The molecule has 1 aromatic carbocycles. The number of carbonyl (C=O) groups excluding carboxylic acids is 1. The molecule has 0 saturated carbocycles. The SMILES string of the molecule is CCc1cc(N2CCN(Cc3cccc(OCC(N)=O)c3)CC2)ncn1. The van der Waals surface area contributed by atoms with Crippen LogP contribution in [0.4, 0.5) is 5.82 Å². The average molecular weight is 355 g/mol. The Labute approximate surface area is 153 Å². The van der Waals surface area contributed by atoms with Gasteiger partial charge in [-0.05, 0) is 24.1 Å². The zero-order chi connectivity index (χ0) is 18.4. The van der Waals surface area contributed by atoms with Gasteiger partial charge in [0.1, 0.15) is 17.9 Å². The Kier molecular flexibility index (Phi) is 6.01. The fourth-order valence-corrected chi connectivity index (χ4v) is 3.03. The van der Waals surface area contributed by atoms with Gasteiger partial charge in [-0.25, -0.2) is 9.97 Å². The molecular formula is C19H25N5O2. The molecule has 0 bridgehead atoms. The molecule has 1 amide bonds. The molecule has 0 unspecified atom stereocenters. The van der Waals surface area contributed by atoms with Crippen molar-refractivity contribution in [3.63, 3.8) is 0 Å². The highest BCUT2D eigenvalue weighted by Gasteiger charge is 2.18. The van der Waals surface area contributed by atoms with Gasteiger partial charge in [0.25, 0.3) is 5.91 Å². The fraction of sp³-hybridized carbons (Fsp3) is 0.421. The summed E-state index contributed by atoms with van der Waals surface area (Å²) in [5.74, 6) is 1.22. The lowest BCUT2D eigenvalue weighted by Crippen LogP contribution is -2.46. The third kappa shape index (κ3) is 4.92. The lowest BCUT2D eigenvalue weighted by atomic mass is 10.2. The van der Waals surface area contributed by atoms with E-state index in [1.54, 1.807) is 6.33 Å². The van der Waals surface area contributed by atoms with Crippen LogP contribution in [0.3, 0.4) is 0 Å². The second kappa shape index (κ2) is 8.62. The summed E-state index contributed by atoms with van der Waals surface area (Å²) in [6.07, 6.45) is 2.57. The van der Waals surface area contributed by atoms with Crippen molar-refractivity contribution >= 4 is 11.7 Å². The van der Waals surface area contributed by atoms with Crippen molar-refractivity contribution in [3.8, 4) is 5.75 Å². The van der Waals surface area contributed by atoms with Crippen LogP contribution in [-0.2, 0) is 17.8 Å². The van der Waals surface area contributed by atoms with Crippen LogP contribution in [0.15, 0.2) is 36.7 Å². The van der Waals surface area contributed by atoms with Crippen LogP contribution in [0.2, 0.25) is 0 Å². The summed E-state index contributed by atoms with van der Waals surface area (Å²) < 4.78 is 5.38. The molecule has 1 saturated heterocycles. The van der Waals surface area contributed by atoms with E-state index in [9.17, 15) is 4.79 Å². The number of aryl methyl sites for hydroxylation is 1. The summed E-state index contributed by atoms with van der Waals surface area (Å²) in [6.45, 7) is 6.68. The van der Waals surface area contributed by atoms with Crippen molar-refractivity contribution in [2.24, 2.45) is 5.73 Å². The molecular weight excluding hydrogens is 330 g/mol. The fourth-order valence-electron chi connectivity index (χ4n) is 3.03. The summed E-state index contributed by atoms with van der Waals surface area (Å²) in [7, 11) is 0. The van der Waals surface area contributed by atoms with Crippen LogP contribution in [0.5, 0.6) is 5.75 Å². The standard InChI is InChI=1S/C19H25N5O2/c1-2-16-11-19(22-14-21-16)24-8-6-23(7-9-24)12-15-4-3-5-17(10-15)26-13-18(20)25/h3-5,10-11,14H,2,6-9,12-13H2,1H3,(H2,20,25). The molecule has 2 heterocycles. The van der Waals surface area contributed by atoms with Crippen LogP contribution in [0.25, 0.3) is 0 Å². The van der Waals surface area contributed by atoms with Crippen molar-refractivity contribution in [3.05, 3.63) is 47.9 Å². The van der Waals surface area contributed by atoms with Gasteiger partial charge in [-0.2, -0.15) is 0 Å². The molecule has 0 aliphatic carbocycles. The number of hydrogen-bond donors (Lipinski definition) is 1. The first kappa shape index (κ1) is 18.1. The number of amides is 1. The molecule has 1 aliphatic rings. The highest BCUT2D eigenvalue weighted by Crippen LogP contribution is 2.18. The predicted octanol–water partition coefficient (Wildman–Crippen LogP) is 1.23. The summed E-state index contributed by atoms with van der Waals surface area (Å²) in [5, 5.41) is 0. The predicted molar refractivity (Wildman–Crippen MR) is 100 cm³/mol. The summed E-state index contributed by atoms with van der Waals surface area (Å²) in [5.41, 5.74) is 7.36. The van der Waals surface area contributed by atoms with Gasteiger partial charge >= 0.3 is 0 Å². The molecule has 0 atom stereocenters. The Morgan fingerprint density at radius 3 is 2.73 bits per heavy atom. The van der Waals surface area contributed by atoms with E-state index in [0.717, 1.165) is 56.2 Å². The normalized spacial score (nSPS) is 15.0.